The van der Waals surface area contributed by atoms with E-state index in [9.17, 15) is 35.1 Å². The first kappa shape index (κ1) is 34.3. The van der Waals surface area contributed by atoms with E-state index in [1.165, 1.54) is 18.2 Å². The summed E-state index contributed by atoms with van der Waals surface area (Å²) in [6, 6.07) is 16.1. The Morgan fingerprint density at radius 1 is 0.604 bits per heavy atom. The summed E-state index contributed by atoms with van der Waals surface area (Å²) in [6.07, 6.45) is -2.70. The first-order valence-electron chi connectivity index (χ1n) is 14.4. The molecule has 48 heavy (non-hydrogen) atoms. The van der Waals surface area contributed by atoms with Crippen LogP contribution in [0.3, 0.4) is 0 Å². The SMILES string of the molecule is C/C=C/CCc1ccc(-c2ccc(-c3ccc(-c4cc(F)c(C(F)(F)Oc5cc(F)c(C(F)F)c(F)c5)c(F)c4)c(F)c3)c(F)c2)cc1. The van der Waals surface area contributed by atoms with Gasteiger partial charge in [-0.05, 0) is 71.8 Å². The van der Waals surface area contributed by atoms with Crippen LogP contribution >= 0.6 is 0 Å². The van der Waals surface area contributed by atoms with Crippen LogP contribution in [0.2, 0.25) is 0 Å². The number of rotatable bonds is 10. The third kappa shape index (κ3) is 7.25. The van der Waals surface area contributed by atoms with Crippen molar-refractivity contribution in [2.45, 2.75) is 32.3 Å². The Labute approximate surface area is 268 Å². The van der Waals surface area contributed by atoms with Crippen molar-refractivity contribution in [3.63, 3.8) is 0 Å². The van der Waals surface area contributed by atoms with Crippen LogP contribution in [0.4, 0.5) is 43.9 Å². The quantitative estimate of drug-likeness (QED) is 0.106. The highest BCUT2D eigenvalue weighted by Crippen LogP contribution is 2.39. The highest BCUT2D eigenvalue weighted by atomic mass is 19.3. The third-order valence-corrected chi connectivity index (χ3v) is 7.53. The van der Waals surface area contributed by atoms with E-state index in [0.717, 1.165) is 36.1 Å². The van der Waals surface area contributed by atoms with Gasteiger partial charge in [0.2, 0.25) is 0 Å². The van der Waals surface area contributed by atoms with Crippen molar-refractivity contribution in [2.75, 3.05) is 0 Å². The summed E-state index contributed by atoms with van der Waals surface area (Å²) in [5.41, 5.74) is -1.99. The maximum Gasteiger partial charge on any atom is 0.432 e. The number of hydrogen-bond acceptors (Lipinski definition) is 1. The average molecular weight is 675 g/mol. The second kappa shape index (κ2) is 14.0. The predicted molar refractivity (Wildman–Crippen MR) is 162 cm³/mol. The van der Waals surface area contributed by atoms with Crippen LogP contribution in [0.1, 0.15) is 36.5 Å². The zero-order valence-electron chi connectivity index (χ0n) is 24.9. The van der Waals surface area contributed by atoms with E-state index >= 15 is 8.78 Å². The summed E-state index contributed by atoms with van der Waals surface area (Å²) in [4.78, 5) is 0. The van der Waals surface area contributed by atoms with Crippen LogP contribution in [0, 0.1) is 34.9 Å². The van der Waals surface area contributed by atoms with Gasteiger partial charge in [-0.3, -0.25) is 0 Å². The van der Waals surface area contributed by atoms with Crippen LogP contribution in [0.15, 0.2) is 97.1 Å². The first-order chi connectivity index (χ1) is 22.8. The van der Waals surface area contributed by atoms with Crippen molar-refractivity contribution < 1.29 is 48.6 Å². The molecule has 0 heterocycles. The summed E-state index contributed by atoms with van der Waals surface area (Å²) >= 11 is 0. The fraction of sp³-hybridized carbons (Fsp3) is 0.135. The van der Waals surface area contributed by atoms with Gasteiger partial charge < -0.3 is 4.74 Å². The summed E-state index contributed by atoms with van der Waals surface area (Å²) in [5, 5.41) is 0. The summed E-state index contributed by atoms with van der Waals surface area (Å²) < 4.78 is 147. The molecular weight excluding hydrogens is 650 g/mol. The Balaban J connectivity index is 1.37. The minimum absolute atomic E-state index is 0.0145. The average Bonchev–Trinajstić information content (AvgIpc) is 3.00. The van der Waals surface area contributed by atoms with Gasteiger partial charge in [0.1, 0.15) is 46.2 Å². The lowest BCUT2D eigenvalue weighted by atomic mass is 9.96. The van der Waals surface area contributed by atoms with Crippen LogP contribution in [0.5, 0.6) is 5.75 Å². The number of benzene rings is 5. The van der Waals surface area contributed by atoms with Crippen LogP contribution in [-0.2, 0) is 12.5 Å². The minimum Gasteiger partial charge on any atom is -0.429 e. The molecule has 0 fully saturated rings. The third-order valence-electron chi connectivity index (χ3n) is 7.53. The molecule has 0 atom stereocenters. The van der Waals surface area contributed by atoms with E-state index in [0.29, 0.717) is 17.7 Å². The van der Waals surface area contributed by atoms with Gasteiger partial charge in [0.25, 0.3) is 6.43 Å². The number of allylic oxidation sites excluding steroid dienone is 2. The zero-order chi connectivity index (χ0) is 34.7. The first-order valence-corrected chi connectivity index (χ1v) is 14.4. The summed E-state index contributed by atoms with van der Waals surface area (Å²) in [7, 11) is 0. The fourth-order valence-electron chi connectivity index (χ4n) is 5.16. The Hall–Kier alpha value is -5.06. The Kier molecular flexibility index (Phi) is 9.98. The van der Waals surface area contributed by atoms with Crippen LogP contribution in [0.25, 0.3) is 33.4 Å². The number of alkyl halides is 4. The summed E-state index contributed by atoms with van der Waals surface area (Å²) in [6.45, 7) is 1.94. The largest absolute Gasteiger partial charge is 0.432 e. The molecule has 0 aliphatic carbocycles. The van der Waals surface area contributed by atoms with Crippen molar-refractivity contribution in [1.29, 1.82) is 0 Å². The molecule has 5 rings (SSSR count). The molecule has 0 aromatic heterocycles. The van der Waals surface area contributed by atoms with E-state index in [2.05, 4.69) is 10.8 Å². The standard InChI is InChI=1S/C37H24F10O/c1-2-3-4-5-20-6-8-21(9-7-20)22-10-12-26(28(38)14-22)23-11-13-27(29(39)15-23)24-16-32(42)35(33(43)17-24)37(46,47)48-25-18-30(40)34(36(44)45)31(41)19-25/h2-3,6-19,36H,4-5H2,1H3/b3-2+. The lowest BCUT2D eigenvalue weighted by molar-refractivity contribution is -0.189. The second-order valence-electron chi connectivity index (χ2n) is 10.7. The number of ether oxygens (including phenoxy) is 1. The Bertz CT molecular complexity index is 1940. The van der Waals surface area contributed by atoms with E-state index in [-0.39, 0.29) is 23.3 Å². The zero-order valence-corrected chi connectivity index (χ0v) is 24.9. The van der Waals surface area contributed by atoms with Gasteiger partial charge >= 0.3 is 6.11 Å². The lowest BCUT2D eigenvalue weighted by Crippen LogP contribution is -2.25. The second-order valence-corrected chi connectivity index (χ2v) is 10.7. The maximum atomic E-state index is 15.2. The molecule has 5 aromatic rings. The molecule has 0 N–H and O–H groups in total. The molecular formula is C37H24F10O. The van der Waals surface area contributed by atoms with Crippen molar-refractivity contribution in [2.24, 2.45) is 0 Å². The minimum atomic E-state index is -4.88. The van der Waals surface area contributed by atoms with E-state index < -0.39 is 75.4 Å². The van der Waals surface area contributed by atoms with Crippen molar-refractivity contribution in [3.05, 3.63) is 149 Å². The van der Waals surface area contributed by atoms with Gasteiger partial charge in [-0.1, -0.05) is 60.7 Å². The lowest BCUT2D eigenvalue weighted by Gasteiger charge is -2.20. The number of aryl methyl sites for hydroxylation is 1. The van der Waals surface area contributed by atoms with Gasteiger partial charge in [-0.25, -0.2) is 35.1 Å². The molecule has 5 aromatic carbocycles. The Morgan fingerprint density at radius 2 is 1.10 bits per heavy atom. The number of halogens is 10. The van der Waals surface area contributed by atoms with Gasteiger partial charge in [0, 0.05) is 23.3 Å². The monoisotopic (exact) mass is 674 g/mol. The smallest absolute Gasteiger partial charge is 0.429 e. The van der Waals surface area contributed by atoms with Gasteiger partial charge in [-0.2, -0.15) is 8.78 Å². The van der Waals surface area contributed by atoms with Gasteiger partial charge in [0.15, 0.2) is 0 Å². The normalized spacial score (nSPS) is 11.9. The molecule has 0 spiro atoms. The van der Waals surface area contributed by atoms with Crippen molar-refractivity contribution in [3.8, 4) is 39.1 Å². The van der Waals surface area contributed by atoms with Crippen molar-refractivity contribution >= 4 is 0 Å². The molecule has 0 aliphatic heterocycles. The number of hydrogen-bond donors (Lipinski definition) is 0. The predicted octanol–water partition coefficient (Wildman–Crippen LogP) is 12.1. The maximum absolute atomic E-state index is 15.2. The molecule has 0 unspecified atom stereocenters. The highest BCUT2D eigenvalue weighted by Gasteiger charge is 2.42. The van der Waals surface area contributed by atoms with Crippen LogP contribution < -0.4 is 4.74 Å². The molecule has 0 saturated carbocycles. The molecule has 1 nitrogen and oxygen atoms in total. The molecule has 0 amide bonds. The molecule has 248 valence electrons. The summed E-state index contributed by atoms with van der Waals surface area (Å²) in [5.74, 6) is -10.7. The van der Waals surface area contributed by atoms with Crippen LogP contribution in [-0.4, -0.2) is 0 Å². The van der Waals surface area contributed by atoms with Crippen molar-refractivity contribution in [1.82, 2.24) is 0 Å². The highest BCUT2D eigenvalue weighted by molar-refractivity contribution is 5.74. The Morgan fingerprint density at radius 3 is 1.65 bits per heavy atom. The fourth-order valence-corrected chi connectivity index (χ4v) is 5.16. The molecule has 11 heteroatoms. The molecule has 0 bridgehead atoms. The topological polar surface area (TPSA) is 9.23 Å². The van der Waals surface area contributed by atoms with Gasteiger partial charge in [0.05, 0.1) is 5.56 Å². The molecule has 0 aliphatic rings. The van der Waals surface area contributed by atoms with E-state index in [1.54, 1.807) is 6.07 Å². The van der Waals surface area contributed by atoms with E-state index in [1.807, 2.05) is 37.3 Å². The van der Waals surface area contributed by atoms with Gasteiger partial charge in [-0.15, -0.1) is 0 Å². The van der Waals surface area contributed by atoms with E-state index in [4.69, 9.17) is 0 Å². The molecule has 0 saturated heterocycles. The molecule has 0 radical (unpaired) electrons.